The zero-order valence-electron chi connectivity index (χ0n) is 16.8. The van der Waals surface area contributed by atoms with Crippen LogP contribution in [0.4, 0.5) is 0 Å². The van der Waals surface area contributed by atoms with E-state index in [0.29, 0.717) is 5.56 Å². The highest BCUT2D eigenvalue weighted by Gasteiger charge is 2.08. The van der Waals surface area contributed by atoms with Crippen LogP contribution in [0.5, 0.6) is 0 Å². The Morgan fingerprint density at radius 2 is 0.806 bits per heavy atom. The van der Waals surface area contributed by atoms with Gasteiger partial charge < -0.3 is 5.11 Å². The SMILES string of the molecule is O=C(O)c1cccc2cc3ccccc3cc12.c1ccc2cc3ccccc3cc2c1. The Labute approximate surface area is 180 Å². The Morgan fingerprint density at radius 1 is 0.452 bits per heavy atom. The molecule has 0 heterocycles. The molecule has 1 N–H and O–H groups in total. The number of fused-ring (bicyclic) bond motifs is 4. The molecule has 0 atom stereocenters. The van der Waals surface area contributed by atoms with E-state index in [0.717, 1.165) is 21.5 Å². The molecule has 0 aliphatic carbocycles. The van der Waals surface area contributed by atoms with E-state index in [1.165, 1.54) is 21.5 Å². The van der Waals surface area contributed by atoms with Crippen LogP contribution in [0.3, 0.4) is 0 Å². The minimum atomic E-state index is -0.883. The van der Waals surface area contributed by atoms with Crippen LogP contribution >= 0.6 is 0 Å². The summed E-state index contributed by atoms with van der Waals surface area (Å²) in [6.45, 7) is 0. The maximum absolute atomic E-state index is 11.2. The van der Waals surface area contributed by atoms with Crippen molar-refractivity contribution in [3.63, 3.8) is 0 Å². The molecule has 6 aromatic rings. The molecule has 148 valence electrons. The molecule has 0 spiro atoms. The minimum absolute atomic E-state index is 0.355. The standard InChI is InChI=1S/C15H10O2.C14H10/c16-15(17)13-7-3-6-12-8-10-4-1-2-5-11(10)9-14(12)13;1-2-6-12-10-14-8-4-3-7-13(14)9-11(12)5-1/h1-9H,(H,16,17);1-10H. The van der Waals surface area contributed by atoms with Gasteiger partial charge in [0.05, 0.1) is 5.56 Å². The molecule has 31 heavy (non-hydrogen) atoms. The summed E-state index contributed by atoms with van der Waals surface area (Å²) in [6, 6.07) is 38.7. The molecular weight excluding hydrogens is 380 g/mol. The first-order valence-corrected chi connectivity index (χ1v) is 10.2. The van der Waals surface area contributed by atoms with E-state index in [4.69, 9.17) is 5.11 Å². The number of rotatable bonds is 1. The lowest BCUT2D eigenvalue weighted by Gasteiger charge is -2.05. The van der Waals surface area contributed by atoms with Crippen LogP contribution in [0, 0.1) is 0 Å². The predicted molar refractivity (Wildman–Crippen MR) is 130 cm³/mol. The Morgan fingerprint density at radius 3 is 1.23 bits per heavy atom. The maximum atomic E-state index is 11.2. The van der Waals surface area contributed by atoms with Gasteiger partial charge in [-0.1, -0.05) is 84.9 Å². The summed E-state index contributed by atoms with van der Waals surface area (Å²) in [7, 11) is 0. The first kappa shape index (κ1) is 18.8. The molecule has 0 amide bonds. The fourth-order valence-corrected chi connectivity index (χ4v) is 4.04. The van der Waals surface area contributed by atoms with Crippen molar-refractivity contribution in [1.82, 2.24) is 0 Å². The third kappa shape index (κ3) is 3.72. The molecule has 0 bridgehead atoms. The van der Waals surface area contributed by atoms with Crippen molar-refractivity contribution in [1.29, 1.82) is 0 Å². The molecule has 0 fully saturated rings. The number of aromatic carboxylic acids is 1. The van der Waals surface area contributed by atoms with Crippen LogP contribution in [0.2, 0.25) is 0 Å². The Kier molecular flexibility index (Phi) is 4.81. The van der Waals surface area contributed by atoms with Crippen LogP contribution in [0.1, 0.15) is 10.4 Å². The van der Waals surface area contributed by atoms with Crippen LogP contribution in [0.15, 0.2) is 115 Å². The number of carboxylic acids is 1. The first-order chi connectivity index (χ1) is 15.2. The largest absolute Gasteiger partial charge is 0.478 e. The predicted octanol–water partition coefficient (Wildman–Crippen LogP) is 7.68. The zero-order chi connectivity index (χ0) is 21.2. The van der Waals surface area contributed by atoms with Crippen molar-refractivity contribution in [2.45, 2.75) is 0 Å². The van der Waals surface area contributed by atoms with Gasteiger partial charge in [0, 0.05) is 0 Å². The normalized spacial score (nSPS) is 10.8. The fourth-order valence-electron chi connectivity index (χ4n) is 4.04. The molecule has 0 aromatic heterocycles. The second kappa shape index (κ2) is 7.92. The van der Waals surface area contributed by atoms with Crippen molar-refractivity contribution >= 4 is 49.1 Å². The Balaban J connectivity index is 0.000000134. The van der Waals surface area contributed by atoms with Gasteiger partial charge in [-0.3, -0.25) is 0 Å². The second-order valence-electron chi connectivity index (χ2n) is 7.58. The maximum Gasteiger partial charge on any atom is 0.336 e. The van der Waals surface area contributed by atoms with E-state index in [1.807, 2.05) is 42.5 Å². The lowest BCUT2D eigenvalue weighted by Crippen LogP contribution is -1.96. The molecule has 0 radical (unpaired) electrons. The van der Waals surface area contributed by atoms with Gasteiger partial charge in [0.25, 0.3) is 0 Å². The van der Waals surface area contributed by atoms with Gasteiger partial charge in [0.15, 0.2) is 0 Å². The van der Waals surface area contributed by atoms with Gasteiger partial charge >= 0.3 is 5.97 Å². The van der Waals surface area contributed by atoms with E-state index >= 15 is 0 Å². The summed E-state index contributed by atoms with van der Waals surface area (Å²) in [6.07, 6.45) is 0. The molecule has 2 heteroatoms. The average Bonchev–Trinajstić information content (AvgIpc) is 2.81. The molecule has 0 saturated heterocycles. The lowest BCUT2D eigenvalue weighted by atomic mass is 10.00. The topological polar surface area (TPSA) is 37.3 Å². The monoisotopic (exact) mass is 400 g/mol. The van der Waals surface area contributed by atoms with Crippen LogP contribution in [-0.4, -0.2) is 11.1 Å². The Bertz CT molecular complexity index is 1460. The summed E-state index contributed by atoms with van der Waals surface area (Å²) in [4.78, 5) is 11.2. The van der Waals surface area contributed by atoms with Crippen molar-refractivity contribution in [3.8, 4) is 0 Å². The van der Waals surface area contributed by atoms with E-state index in [2.05, 4.69) is 60.7 Å². The van der Waals surface area contributed by atoms with Crippen LogP contribution < -0.4 is 0 Å². The van der Waals surface area contributed by atoms with Crippen LogP contribution in [0.25, 0.3) is 43.1 Å². The lowest BCUT2D eigenvalue weighted by molar-refractivity contribution is 0.0699. The highest BCUT2D eigenvalue weighted by atomic mass is 16.4. The third-order valence-corrected chi connectivity index (χ3v) is 5.59. The summed E-state index contributed by atoms with van der Waals surface area (Å²) in [5, 5.41) is 18.3. The number of carbonyl (C=O) groups is 1. The average molecular weight is 400 g/mol. The smallest absolute Gasteiger partial charge is 0.336 e. The van der Waals surface area contributed by atoms with E-state index in [9.17, 15) is 4.79 Å². The van der Waals surface area contributed by atoms with Gasteiger partial charge in [-0.05, 0) is 73.4 Å². The molecule has 6 rings (SSSR count). The summed E-state index contributed by atoms with van der Waals surface area (Å²) in [5.41, 5.74) is 0.355. The van der Waals surface area contributed by atoms with E-state index < -0.39 is 5.97 Å². The van der Waals surface area contributed by atoms with Gasteiger partial charge in [0.1, 0.15) is 0 Å². The third-order valence-electron chi connectivity index (χ3n) is 5.59. The highest BCUT2D eigenvalue weighted by molar-refractivity contribution is 6.08. The zero-order valence-corrected chi connectivity index (χ0v) is 16.8. The van der Waals surface area contributed by atoms with Gasteiger partial charge in [-0.2, -0.15) is 0 Å². The second-order valence-corrected chi connectivity index (χ2v) is 7.58. The van der Waals surface area contributed by atoms with Crippen molar-refractivity contribution in [2.75, 3.05) is 0 Å². The summed E-state index contributed by atoms with van der Waals surface area (Å²) < 4.78 is 0. The molecular formula is C29H20O2. The number of hydrogen-bond acceptors (Lipinski definition) is 1. The molecule has 6 aromatic carbocycles. The van der Waals surface area contributed by atoms with Crippen LogP contribution in [-0.2, 0) is 0 Å². The van der Waals surface area contributed by atoms with Crippen molar-refractivity contribution < 1.29 is 9.90 Å². The summed E-state index contributed by atoms with van der Waals surface area (Å²) in [5.74, 6) is -0.883. The highest BCUT2D eigenvalue weighted by Crippen LogP contribution is 2.25. The number of carboxylic acid groups (broad SMARTS) is 1. The van der Waals surface area contributed by atoms with E-state index in [-0.39, 0.29) is 0 Å². The van der Waals surface area contributed by atoms with Crippen molar-refractivity contribution in [3.05, 3.63) is 121 Å². The molecule has 2 nitrogen and oxygen atoms in total. The van der Waals surface area contributed by atoms with Gasteiger partial charge in [-0.25, -0.2) is 4.79 Å². The number of benzene rings is 6. The first-order valence-electron chi connectivity index (χ1n) is 10.2. The number of hydrogen-bond donors (Lipinski definition) is 1. The Hall–Kier alpha value is -4.17. The van der Waals surface area contributed by atoms with Crippen molar-refractivity contribution in [2.24, 2.45) is 0 Å². The molecule has 0 saturated carbocycles. The minimum Gasteiger partial charge on any atom is -0.478 e. The van der Waals surface area contributed by atoms with Gasteiger partial charge in [-0.15, -0.1) is 0 Å². The fraction of sp³-hybridized carbons (Fsp3) is 0. The van der Waals surface area contributed by atoms with Gasteiger partial charge in [0.2, 0.25) is 0 Å². The van der Waals surface area contributed by atoms with E-state index in [1.54, 1.807) is 12.1 Å². The summed E-state index contributed by atoms with van der Waals surface area (Å²) >= 11 is 0. The molecule has 0 aliphatic rings. The molecule has 0 aliphatic heterocycles. The quantitative estimate of drug-likeness (QED) is 0.287. The molecule has 0 unspecified atom stereocenters.